The van der Waals surface area contributed by atoms with Crippen LogP contribution in [0, 0.1) is 5.92 Å². The molecule has 4 heteroatoms. The zero-order valence-corrected chi connectivity index (χ0v) is 10.2. The van der Waals surface area contributed by atoms with Crippen molar-refractivity contribution >= 4 is 11.8 Å². The number of rotatable bonds is 5. The second-order valence-electron chi connectivity index (χ2n) is 4.82. The summed E-state index contributed by atoms with van der Waals surface area (Å²) in [5.41, 5.74) is 0.719. The van der Waals surface area contributed by atoms with Crippen LogP contribution in [0.5, 0.6) is 0 Å². The lowest BCUT2D eigenvalue weighted by Gasteiger charge is -2.17. The topological polar surface area (TPSA) is 67.3 Å². The third kappa shape index (κ3) is 2.94. The number of hydrogen-bond donors (Lipinski definition) is 1. The highest BCUT2D eigenvalue weighted by Gasteiger charge is 2.31. The summed E-state index contributed by atoms with van der Waals surface area (Å²) >= 11 is 0. The lowest BCUT2D eigenvalue weighted by molar-refractivity contribution is -0.139. The van der Waals surface area contributed by atoms with Crippen LogP contribution in [0.3, 0.4) is 0 Å². The Bertz CT molecular complexity index is 424. The van der Waals surface area contributed by atoms with Crippen molar-refractivity contribution in [3.05, 3.63) is 30.1 Å². The van der Waals surface area contributed by atoms with Gasteiger partial charge in [0.05, 0.1) is 12.3 Å². The van der Waals surface area contributed by atoms with Crippen LogP contribution in [0.1, 0.15) is 43.6 Å². The number of Topliss-reactive ketones (excluding diaryl/α,β-unsaturated/α-hetero) is 1. The van der Waals surface area contributed by atoms with Crippen LogP contribution >= 0.6 is 0 Å². The van der Waals surface area contributed by atoms with E-state index >= 15 is 0 Å². The number of carbonyl (C=O) groups excluding carboxylic acids is 1. The first-order chi connectivity index (χ1) is 8.68. The molecule has 1 aliphatic carbocycles. The first kappa shape index (κ1) is 12.7. The number of aromatic nitrogens is 1. The number of carboxylic acids is 1. The zero-order valence-electron chi connectivity index (χ0n) is 10.2. The lowest BCUT2D eigenvalue weighted by atomic mass is 9.85. The third-order valence-corrected chi connectivity index (χ3v) is 3.57. The van der Waals surface area contributed by atoms with Gasteiger partial charge in [-0.25, -0.2) is 0 Å². The molecule has 0 radical (unpaired) electrons. The van der Waals surface area contributed by atoms with Gasteiger partial charge in [-0.15, -0.1) is 0 Å². The molecule has 1 unspecified atom stereocenters. The standard InChI is InChI=1S/C14H17NO3/c16-13(17)8-12(11-6-3-7-15-9-11)14(18)10-4-1-2-5-10/h3,6-7,9-10,12H,1-2,4-5,8H2,(H,16,17). The monoisotopic (exact) mass is 247 g/mol. The van der Waals surface area contributed by atoms with E-state index in [-0.39, 0.29) is 18.1 Å². The molecule has 96 valence electrons. The van der Waals surface area contributed by atoms with E-state index in [0.29, 0.717) is 0 Å². The summed E-state index contributed by atoms with van der Waals surface area (Å²) in [6.07, 6.45) is 7.03. The van der Waals surface area contributed by atoms with Crippen molar-refractivity contribution < 1.29 is 14.7 Å². The highest BCUT2D eigenvalue weighted by Crippen LogP contribution is 2.32. The molecule has 1 heterocycles. The van der Waals surface area contributed by atoms with Gasteiger partial charge in [0.1, 0.15) is 5.78 Å². The molecule has 1 aliphatic rings. The molecule has 0 aromatic carbocycles. The minimum Gasteiger partial charge on any atom is -0.481 e. The maximum atomic E-state index is 12.4. The Morgan fingerprint density at radius 1 is 1.39 bits per heavy atom. The first-order valence-corrected chi connectivity index (χ1v) is 6.34. The van der Waals surface area contributed by atoms with Gasteiger partial charge in [0.15, 0.2) is 0 Å². The number of hydrogen-bond acceptors (Lipinski definition) is 3. The van der Waals surface area contributed by atoms with Gasteiger partial charge in [0.25, 0.3) is 0 Å². The molecule has 1 N–H and O–H groups in total. The first-order valence-electron chi connectivity index (χ1n) is 6.34. The molecule has 0 spiro atoms. The van der Waals surface area contributed by atoms with Gasteiger partial charge in [-0.05, 0) is 24.5 Å². The van der Waals surface area contributed by atoms with Gasteiger partial charge in [-0.2, -0.15) is 0 Å². The van der Waals surface area contributed by atoms with Crippen molar-refractivity contribution in [3.8, 4) is 0 Å². The average molecular weight is 247 g/mol. The Hall–Kier alpha value is -1.71. The molecule has 2 rings (SSSR count). The van der Waals surface area contributed by atoms with Crippen molar-refractivity contribution in [2.45, 2.75) is 38.0 Å². The number of pyridine rings is 1. The molecule has 0 aliphatic heterocycles. The van der Waals surface area contributed by atoms with Crippen LogP contribution in [0.25, 0.3) is 0 Å². The smallest absolute Gasteiger partial charge is 0.304 e. The number of aliphatic carboxylic acids is 1. The van der Waals surface area contributed by atoms with Crippen molar-refractivity contribution in [2.24, 2.45) is 5.92 Å². The fourth-order valence-corrected chi connectivity index (χ4v) is 2.63. The summed E-state index contributed by atoms with van der Waals surface area (Å²) in [6, 6.07) is 3.53. The summed E-state index contributed by atoms with van der Waals surface area (Å²) in [4.78, 5) is 27.3. The number of nitrogens with zero attached hydrogens (tertiary/aromatic N) is 1. The van der Waals surface area contributed by atoms with Crippen molar-refractivity contribution in [2.75, 3.05) is 0 Å². The summed E-state index contributed by atoms with van der Waals surface area (Å²) in [6.45, 7) is 0. The van der Waals surface area contributed by atoms with Gasteiger partial charge in [-0.3, -0.25) is 14.6 Å². The molecule has 18 heavy (non-hydrogen) atoms. The van der Waals surface area contributed by atoms with Crippen molar-refractivity contribution in [3.63, 3.8) is 0 Å². The molecule has 1 fully saturated rings. The molecule has 4 nitrogen and oxygen atoms in total. The predicted molar refractivity (Wildman–Crippen MR) is 66.2 cm³/mol. The van der Waals surface area contributed by atoms with Crippen LogP contribution in [0.2, 0.25) is 0 Å². The van der Waals surface area contributed by atoms with E-state index in [1.807, 2.05) is 0 Å². The van der Waals surface area contributed by atoms with Gasteiger partial charge in [0.2, 0.25) is 0 Å². The van der Waals surface area contributed by atoms with Gasteiger partial charge < -0.3 is 5.11 Å². The minimum absolute atomic E-state index is 0.0366. The van der Waals surface area contributed by atoms with E-state index in [1.165, 1.54) is 0 Å². The molecule has 0 bridgehead atoms. The van der Waals surface area contributed by atoms with Crippen molar-refractivity contribution in [1.29, 1.82) is 0 Å². The van der Waals surface area contributed by atoms with E-state index in [4.69, 9.17) is 5.11 Å². The zero-order chi connectivity index (χ0) is 13.0. The highest BCUT2D eigenvalue weighted by atomic mass is 16.4. The maximum absolute atomic E-state index is 12.4. The number of carbonyl (C=O) groups is 2. The fraction of sp³-hybridized carbons (Fsp3) is 0.500. The summed E-state index contributed by atoms with van der Waals surface area (Å²) in [5, 5.41) is 8.96. The average Bonchev–Trinajstić information content (AvgIpc) is 2.90. The number of ketones is 1. The minimum atomic E-state index is -0.935. The molecule has 0 saturated heterocycles. The van der Waals surface area contributed by atoms with Crippen LogP contribution in [-0.2, 0) is 9.59 Å². The number of carboxylic acid groups (broad SMARTS) is 1. The third-order valence-electron chi connectivity index (χ3n) is 3.57. The second-order valence-corrected chi connectivity index (χ2v) is 4.82. The van der Waals surface area contributed by atoms with Crippen molar-refractivity contribution in [1.82, 2.24) is 4.98 Å². The van der Waals surface area contributed by atoms with Crippen LogP contribution in [0.4, 0.5) is 0 Å². The summed E-state index contributed by atoms with van der Waals surface area (Å²) in [5.74, 6) is -1.37. The largest absolute Gasteiger partial charge is 0.481 e. The molecule has 1 aromatic rings. The summed E-state index contributed by atoms with van der Waals surface area (Å²) < 4.78 is 0. The van der Waals surface area contributed by atoms with E-state index in [9.17, 15) is 9.59 Å². The van der Waals surface area contributed by atoms with Gasteiger partial charge >= 0.3 is 5.97 Å². The molecule has 1 aromatic heterocycles. The maximum Gasteiger partial charge on any atom is 0.304 e. The Kier molecular flexibility index (Phi) is 4.07. The molecular formula is C14H17NO3. The predicted octanol–water partition coefficient (Wildman–Crippen LogP) is 2.40. The second kappa shape index (κ2) is 5.76. The Labute approximate surface area is 106 Å². The van der Waals surface area contributed by atoms with Gasteiger partial charge in [-0.1, -0.05) is 18.9 Å². The summed E-state index contributed by atoms with van der Waals surface area (Å²) in [7, 11) is 0. The lowest BCUT2D eigenvalue weighted by Crippen LogP contribution is -2.22. The highest BCUT2D eigenvalue weighted by molar-refractivity contribution is 5.91. The van der Waals surface area contributed by atoms with Crippen LogP contribution in [0.15, 0.2) is 24.5 Å². The van der Waals surface area contributed by atoms with E-state index in [0.717, 1.165) is 31.2 Å². The Morgan fingerprint density at radius 2 is 2.11 bits per heavy atom. The van der Waals surface area contributed by atoms with Crippen LogP contribution in [-0.4, -0.2) is 21.8 Å². The molecule has 1 atom stereocenters. The quantitative estimate of drug-likeness (QED) is 0.867. The van der Waals surface area contributed by atoms with E-state index in [2.05, 4.69) is 4.98 Å². The fourth-order valence-electron chi connectivity index (χ4n) is 2.63. The van der Waals surface area contributed by atoms with Gasteiger partial charge in [0, 0.05) is 18.3 Å². The molecule has 1 saturated carbocycles. The van der Waals surface area contributed by atoms with E-state index in [1.54, 1.807) is 24.5 Å². The molecule has 0 amide bonds. The Balaban J connectivity index is 2.19. The van der Waals surface area contributed by atoms with Crippen LogP contribution < -0.4 is 0 Å². The molecular weight excluding hydrogens is 230 g/mol. The normalized spacial score (nSPS) is 17.6. The van der Waals surface area contributed by atoms with E-state index < -0.39 is 11.9 Å². The SMILES string of the molecule is O=C(O)CC(C(=O)C1CCCC1)c1cccnc1. The Morgan fingerprint density at radius 3 is 2.67 bits per heavy atom.